The Morgan fingerprint density at radius 3 is 2.69 bits per heavy atom. The van der Waals surface area contributed by atoms with Crippen molar-refractivity contribution < 1.29 is 12.6 Å². The van der Waals surface area contributed by atoms with Crippen molar-refractivity contribution in [3.63, 3.8) is 0 Å². The van der Waals surface area contributed by atoms with Crippen molar-refractivity contribution in [2.45, 2.75) is 0 Å². The van der Waals surface area contributed by atoms with E-state index in [0.29, 0.717) is 11.4 Å². The van der Waals surface area contributed by atoms with Crippen molar-refractivity contribution in [2.24, 2.45) is 0 Å². The van der Waals surface area contributed by atoms with Crippen LogP contribution < -0.4 is 9.08 Å². The molecule has 1 rings (SSSR count). The summed E-state index contributed by atoms with van der Waals surface area (Å²) >= 11 is 0. The SMILES string of the molecule is CN(C)c1c[c]ccc1O[SH](=O)=O. The number of benzene rings is 1. The van der Waals surface area contributed by atoms with E-state index in [-0.39, 0.29) is 0 Å². The van der Waals surface area contributed by atoms with E-state index in [4.69, 9.17) is 0 Å². The molecule has 0 fully saturated rings. The van der Waals surface area contributed by atoms with Crippen molar-refractivity contribution in [3.8, 4) is 5.75 Å². The monoisotopic (exact) mass is 200 g/mol. The second kappa shape index (κ2) is 4.13. The first-order valence-electron chi connectivity index (χ1n) is 3.61. The van der Waals surface area contributed by atoms with E-state index in [2.05, 4.69) is 10.2 Å². The van der Waals surface area contributed by atoms with Crippen LogP contribution >= 0.6 is 0 Å². The minimum absolute atomic E-state index is 0.319. The van der Waals surface area contributed by atoms with Crippen LogP contribution in [0.5, 0.6) is 5.75 Å². The Morgan fingerprint density at radius 2 is 2.15 bits per heavy atom. The zero-order chi connectivity index (χ0) is 9.84. The normalized spacial score (nSPS) is 10.1. The molecular formula is C8H10NO3S. The topological polar surface area (TPSA) is 46.6 Å². The quantitative estimate of drug-likeness (QED) is 0.720. The molecule has 1 aromatic rings. The summed E-state index contributed by atoms with van der Waals surface area (Å²) in [6.45, 7) is 0. The highest BCUT2D eigenvalue weighted by Crippen LogP contribution is 2.25. The van der Waals surface area contributed by atoms with Crippen LogP contribution in [0, 0.1) is 6.07 Å². The average molecular weight is 200 g/mol. The van der Waals surface area contributed by atoms with E-state index in [0.717, 1.165) is 0 Å². The predicted octanol–water partition coefficient (Wildman–Crippen LogP) is 0.458. The van der Waals surface area contributed by atoms with Gasteiger partial charge >= 0.3 is 0 Å². The third-order valence-corrected chi connectivity index (χ3v) is 1.80. The van der Waals surface area contributed by atoms with E-state index in [1.807, 2.05) is 0 Å². The van der Waals surface area contributed by atoms with E-state index in [9.17, 15) is 8.42 Å². The lowest BCUT2D eigenvalue weighted by molar-refractivity contribution is 0.511. The molecule has 0 atom stereocenters. The molecule has 13 heavy (non-hydrogen) atoms. The summed E-state index contributed by atoms with van der Waals surface area (Å²) in [5, 5.41) is 0. The molecule has 5 heteroatoms. The zero-order valence-electron chi connectivity index (χ0n) is 7.35. The van der Waals surface area contributed by atoms with Gasteiger partial charge in [0.2, 0.25) is 0 Å². The molecule has 0 aliphatic rings. The summed E-state index contributed by atoms with van der Waals surface area (Å²) in [6.07, 6.45) is 0. The predicted molar refractivity (Wildman–Crippen MR) is 50.5 cm³/mol. The van der Waals surface area contributed by atoms with Crippen molar-refractivity contribution in [1.82, 2.24) is 0 Å². The van der Waals surface area contributed by atoms with Gasteiger partial charge in [0.15, 0.2) is 5.75 Å². The highest BCUT2D eigenvalue weighted by atomic mass is 32.2. The maximum atomic E-state index is 10.3. The van der Waals surface area contributed by atoms with Gasteiger partial charge in [0.1, 0.15) is 0 Å². The van der Waals surface area contributed by atoms with Crippen LogP contribution in [0.1, 0.15) is 0 Å². The Kier molecular flexibility index (Phi) is 3.13. The lowest BCUT2D eigenvalue weighted by atomic mass is 10.3. The molecule has 71 valence electrons. The van der Waals surface area contributed by atoms with Crippen LogP contribution in [-0.2, 0) is 11.0 Å². The summed E-state index contributed by atoms with van der Waals surface area (Å²) in [5.74, 6) is 0.319. The first-order valence-corrected chi connectivity index (χ1v) is 4.70. The minimum Gasteiger partial charge on any atom is -0.382 e. The van der Waals surface area contributed by atoms with E-state index in [1.165, 1.54) is 0 Å². The van der Waals surface area contributed by atoms with Crippen LogP contribution in [0.15, 0.2) is 18.2 Å². The first-order chi connectivity index (χ1) is 6.11. The van der Waals surface area contributed by atoms with Gasteiger partial charge in [-0.05, 0) is 18.2 Å². The lowest BCUT2D eigenvalue weighted by Crippen LogP contribution is -2.10. The number of hydrogen-bond donors (Lipinski definition) is 1. The summed E-state index contributed by atoms with van der Waals surface area (Å²) in [4.78, 5) is 1.75. The molecule has 0 aromatic heterocycles. The standard InChI is InChI=1S/C8H10NO3S/c1-9(2)7-5-3-4-6-8(7)12-13(10)11/h4-6,13H,1-2H3. The highest BCUT2D eigenvalue weighted by Gasteiger charge is 2.04. The van der Waals surface area contributed by atoms with Gasteiger partial charge < -0.3 is 9.08 Å². The Balaban J connectivity index is 3.04. The molecule has 4 nitrogen and oxygen atoms in total. The molecule has 0 amide bonds. The van der Waals surface area contributed by atoms with Crippen LogP contribution in [-0.4, -0.2) is 22.5 Å². The molecule has 0 aliphatic carbocycles. The second-order valence-corrected chi connectivity index (χ2v) is 3.23. The smallest absolute Gasteiger partial charge is 0.299 e. The molecule has 0 N–H and O–H groups in total. The molecule has 0 spiro atoms. The van der Waals surface area contributed by atoms with E-state index in [1.54, 1.807) is 37.2 Å². The van der Waals surface area contributed by atoms with Crippen LogP contribution in [0.2, 0.25) is 0 Å². The third-order valence-electron chi connectivity index (χ3n) is 1.46. The number of nitrogens with zero attached hydrogens (tertiary/aromatic N) is 1. The van der Waals surface area contributed by atoms with Crippen molar-refractivity contribution >= 4 is 16.7 Å². The molecule has 0 aliphatic heterocycles. The Morgan fingerprint density at radius 1 is 1.46 bits per heavy atom. The third kappa shape index (κ3) is 2.62. The largest absolute Gasteiger partial charge is 0.382 e. The molecule has 1 radical (unpaired) electrons. The van der Waals surface area contributed by atoms with Gasteiger partial charge in [-0.1, -0.05) is 6.07 Å². The first kappa shape index (κ1) is 9.85. The number of thiol groups is 1. The minimum atomic E-state index is -2.86. The molecule has 0 saturated heterocycles. The number of rotatable bonds is 3. The van der Waals surface area contributed by atoms with Gasteiger partial charge in [-0.25, -0.2) is 0 Å². The van der Waals surface area contributed by atoms with Crippen LogP contribution in [0.4, 0.5) is 5.69 Å². The molecule has 0 unspecified atom stereocenters. The number of anilines is 1. The molecule has 0 saturated carbocycles. The highest BCUT2D eigenvalue weighted by molar-refractivity contribution is 7.67. The van der Waals surface area contributed by atoms with Crippen LogP contribution in [0.25, 0.3) is 0 Å². The van der Waals surface area contributed by atoms with Gasteiger partial charge in [0.05, 0.1) is 5.69 Å². The summed E-state index contributed by atoms with van der Waals surface area (Å²) in [5.41, 5.74) is 0.682. The molecule has 0 bridgehead atoms. The molecular weight excluding hydrogens is 190 g/mol. The van der Waals surface area contributed by atoms with Crippen molar-refractivity contribution in [3.05, 3.63) is 24.3 Å². The average Bonchev–Trinajstić information content (AvgIpc) is 2.03. The van der Waals surface area contributed by atoms with Gasteiger partial charge in [0, 0.05) is 14.1 Å². The van der Waals surface area contributed by atoms with Gasteiger partial charge in [0.25, 0.3) is 11.0 Å². The Hall–Kier alpha value is -1.23. The maximum Gasteiger partial charge on any atom is 0.299 e. The van der Waals surface area contributed by atoms with Gasteiger partial charge in [-0.3, -0.25) is 0 Å². The fraction of sp³-hybridized carbons (Fsp3) is 0.250. The van der Waals surface area contributed by atoms with Gasteiger partial charge in [-0.2, -0.15) is 8.42 Å². The van der Waals surface area contributed by atoms with Crippen LogP contribution in [0.3, 0.4) is 0 Å². The second-order valence-electron chi connectivity index (χ2n) is 2.60. The molecule has 0 heterocycles. The maximum absolute atomic E-state index is 10.3. The summed E-state index contributed by atoms with van der Waals surface area (Å²) in [7, 11) is 0.741. The van der Waals surface area contributed by atoms with Crippen molar-refractivity contribution in [2.75, 3.05) is 19.0 Å². The molecule has 1 aromatic carbocycles. The van der Waals surface area contributed by atoms with Crippen molar-refractivity contribution in [1.29, 1.82) is 0 Å². The fourth-order valence-corrected chi connectivity index (χ4v) is 1.23. The van der Waals surface area contributed by atoms with E-state index < -0.39 is 11.0 Å². The Bertz CT molecular complexity index is 352. The van der Waals surface area contributed by atoms with E-state index >= 15 is 0 Å². The number of hydrogen-bond acceptors (Lipinski definition) is 4. The summed E-state index contributed by atoms with van der Waals surface area (Å²) in [6, 6.07) is 7.65. The fourth-order valence-electron chi connectivity index (χ4n) is 0.914. The lowest BCUT2D eigenvalue weighted by Gasteiger charge is -2.14. The Labute approximate surface area is 78.9 Å². The zero-order valence-corrected chi connectivity index (χ0v) is 8.25. The summed E-state index contributed by atoms with van der Waals surface area (Å²) < 4.78 is 25.3. The van der Waals surface area contributed by atoms with Gasteiger partial charge in [-0.15, -0.1) is 0 Å².